The number of halogens is 1. The highest BCUT2D eigenvalue weighted by atomic mass is 19.1. The van der Waals surface area contributed by atoms with Gasteiger partial charge in [0.2, 0.25) is 0 Å². The van der Waals surface area contributed by atoms with E-state index in [0.717, 1.165) is 49.0 Å². The lowest BCUT2D eigenvalue weighted by Gasteiger charge is -2.35. The summed E-state index contributed by atoms with van der Waals surface area (Å²) in [4.78, 5) is 14.8. The topological polar surface area (TPSA) is 56.4 Å². The molecule has 1 amide bonds. The van der Waals surface area contributed by atoms with Crippen LogP contribution in [0.1, 0.15) is 46.8 Å². The Labute approximate surface area is 165 Å². The summed E-state index contributed by atoms with van der Waals surface area (Å²) in [6.45, 7) is 3.90. The van der Waals surface area contributed by atoms with Crippen LogP contribution in [-0.4, -0.2) is 36.1 Å². The number of nitrogens with one attached hydrogen (secondary N) is 3. The average molecular weight is 382 g/mol. The van der Waals surface area contributed by atoms with Crippen molar-refractivity contribution in [3.63, 3.8) is 0 Å². The normalized spacial score (nSPS) is 23.6. The zero-order valence-corrected chi connectivity index (χ0v) is 16.1. The standard InChI is InChI=1S/C22H27FN4O/c1-15-2-4-17(5-3-15)22(28)24-19-10-12-27(13-11-19)21-14-20(25-26-21)16-6-8-18(23)9-7-16/h2-9,19-21,25-26H,10-14H2,1H3,(H,24,28). The molecule has 2 heterocycles. The van der Waals surface area contributed by atoms with E-state index in [1.807, 2.05) is 43.3 Å². The average Bonchev–Trinajstić information content (AvgIpc) is 3.20. The summed E-state index contributed by atoms with van der Waals surface area (Å²) >= 11 is 0. The van der Waals surface area contributed by atoms with E-state index in [1.54, 1.807) is 0 Å². The predicted octanol–water partition coefficient (Wildman–Crippen LogP) is 2.89. The number of rotatable bonds is 4. The maximum atomic E-state index is 13.1. The molecule has 0 bridgehead atoms. The number of benzene rings is 2. The van der Waals surface area contributed by atoms with Crippen LogP contribution in [-0.2, 0) is 0 Å². The van der Waals surface area contributed by atoms with Gasteiger partial charge in [0.25, 0.3) is 5.91 Å². The first kappa shape index (κ1) is 19.1. The van der Waals surface area contributed by atoms with Gasteiger partial charge in [0.15, 0.2) is 0 Å². The number of piperidine rings is 1. The van der Waals surface area contributed by atoms with Gasteiger partial charge in [0.1, 0.15) is 5.82 Å². The van der Waals surface area contributed by atoms with Gasteiger partial charge in [-0.2, -0.15) is 0 Å². The van der Waals surface area contributed by atoms with E-state index in [0.29, 0.717) is 0 Å². The molecule has 2 unspecified atom stereocenters. The molecule has 2 saturated heterocycles. The van der Waals surface area contributed by atoms with Gasteiger partial charge in [-0.15, -0.1) is 0 Å². The van der Waals surface area contributed by atoms with E-state index in [2.05, 4.69) is 21.1 Å². The summed E-state index contributed by atoms with van der Waals surface area (Å²) in [6.07, 6.45) is 3.07. The number of carbonyl (C=O) groups excluding carboxylic acids is 1. The van der Waals surface area contributed by atoms with Crippen molar-refractivity contribution < 1.29 is 9.18 Å². The fourth-order valence-corrected chi connectivity index (χ4v) is 4.02. The summed E-state index contributed by atoms with van der Waals surface area (Å²) in [5, 5.41) is 3.17. The highest BCUT2D eigenvalue weighted by Gasteiger charge is 2.32. The molecule has 2 aromatic carbocycles. The van der Waals surface area contributed by atoms with Crippen molar-refractivity contribution in [1.29, 1.82) is 0 Å². The quantitative estimate of drug-likeness (QED) is 0.761. The Hall–Kier alpha value is -2.28. The van der Waals surface area contributed by atoms with Gasteiger partial charge in [-0.25, -0.2) is 15.2 Å². The van der Waals surface area contributed by atoms with Gasteiger partial charge in [-0.1, -0.05) is 29.8 Å². The van der Waals surface area contributed by atoms with E-state index < -0.39 is 0 Å². The van der Waals surface area contributed by atoms with Crippen LogP contribution in [0.25, 0.3) is 0 Å². The molecular weight excluding hydrogens is 355 g/mol. The number of hydrogen-bond donors (Lipinski definition) is 3. The van der Waals surface area contributed by atoms with Crippen molar-refractivity contribution in [3.05, 3.63) is 71.0 Å². The van der Waals surface area contributed by atoms with Crippen LogP contribution in [0.15, 0.2) is 48.5 Å². The molecule has 6 heteroatoms. The number of carbonyl (C=O) groups is 1. The van der Waals surface area contributed by atoms with Gasteiger partial charge < -0.3 is 5.32 Å². The van der Waals surface area contributed by atoms with Gasteiger partial charge in [-0.3, -0.25) is 9.69 Å². The second kappa shape index (κ2) is 8.39. The molecule has 0 spiro atoms. The number of aryl methyl sites for hydroxylation is 1. The molecule has 2 aliphatic heterocycles. The second-order valence-electron chi connectivity index (χ2n) is 7.79. The molecule has 148 valence electrons. The fourth-order valence-electron chi connectivity index (χ4n) is 4.02. The van der Waals surface area contributed by atoms with Crippen molar-refractivity contribution in [2.75, 3.05) is 13.1 Å². The molecule has 2 atom stereocenters. The lowest BCUT2D eigenvalue weighted by atomic mass is 10.0. The predicted molar refractivity (Wildman–Crippen MR) is 107 cm³/mol. The Bertz CT molecular complexity index is 800. The van der Waals surface area contributed by atoms with E-state index in [1.165, 1.54) is 12.1 Å². The maximum absolute atomic E-state index is 13.1. The Kier molecular flexibility index (Phi) is 5.71. The minimum absolute atomic E-state index is 0.00971. The third kappa shape index (κ3) is 4.41. The molecule has 2 aliphatic rings. The van der Waals surface area contributed by atoms with Crippen molar-refractivity contribution in [2.45, 2.75) is 44.4 Å². The molecule has 5 nitrogen and oxygen atoms in total. The first-order chi connectivity index (χ1) is 13.6. The van der Waals surface area contributed by atoms with E-state index in [-0.39, 0.29) is 30.0 Å². The van der Waals surface area contributed by atoms with Crippen LogP contribution in [0.2, 0.25) is 0 Å². The van der Waals surface area contributed by atoms with Gasteiger partial charge in [0.05, 0.1) is 6.17 Å². The largest absolute Gasteiger partial charge is 0.349 e. The molecule has 0 aliphatic carbocycles. The lowest BCUT2D eigenvalue weighted by Crippen LogP contribution is -2.51. The monoisotopic (exact) mass is 382 g/mol. The fraction of sp³-hybridized carbons (Fsp3) is 0.409. The zero-order chi connectivity index (χ0) is 19.5. The van der Waals surface area contributed by atoms with Crippen molar-refractivity contribution in [2.24, 2.45) is 0 Å². The number of nitrogens with zero attached hydrogens (tertiary/aromatic N) is 1. The number of amides is 1. The first-order valence-electron chi connectivity index (χ1n) is 9.96. The molecule has 0 radical (unpaired) electrons. The Balaban J connectivity index is 1.26. The second-order valence-corrected chi connectivity index (χ2v) is 7.79. The smallest absolute Gasteiger partial charge is 0.251 e. The van der Waals surface area contributed by atoms with Crippen LogP contribution in [0.5, 0.6) is 0 Å². The molecule has 0 saturated carbocycles. The third-order valence-electron chi connectivity index (χ3n) is 5.77. The van der Waals surface area contributed by atoms with Crippen LogP contribution in [0.4, 0.5) is 4.39 Å². The van der Waals surface area contributed by atoms with Gasteiger partial charge in [0, 0.05) is 30.7 Å². The zero-order valence-electron chi connectivity index (χ0n) is 16.1. The Morgan fingerprint density at radius 1 is 1.04 bits per heavy atom. The van der Waals surface area contributed by atoms with Crippen LogP contribution in [0.3, 0.4) is 0 Å². The minimum Gasteiger partial charge on any atom is -0.349 e. The highest BCUT2D eigenvalue weighted by molar-refractivity contribution is 5.94. The maximum Gasteiger partial charge on any atom is 0.251 e. The van der Waals surface area contributed by atoms with Crippen LogP contribution >= 0.6 is 0 Å². The SMILES string of the molecule is Cc1ccc(C(=O)NC2CCN(C3CC(c4ccc(F)cc4)NN3)CC2)cc1. The Morgan fingerprint density at radius 2 is 1.71 bits per heavy atom. The van der Waals surface area contributed by atoms with Crippen molar-refractivity contribution in [3.8, 4) is 0 Å². The molecule has 3 N–H and O–H groups in total. The van der Waals surface area contributed by atoms with Crippen molar-refractivity contribution >= 4 is 5.91 Å². The third-order valence-corrected chi connectivity index (χ3v) is 5.77. The minimum atomic E-state index is -0.207. The first-order valence-corrected chi connectivity index (χ1v) is 9.96. The summed E-state index contributed by atoms with van der Waals surface area (Å²) in [7, 11) is 0. The number of likely N-dealkylation sites (tertiary alicyclic amines) is 1. The van der Waals surface area contributed by atoms with E-state index in [4.69, 9.17) is 0 Å². The molecular formula is C22H27FN4O. The molecule has 2 aromatic rings. The summed E-state index contributed by atoms with van der Waals surface area (Å²) < 4.78 is 13.1. The van der Waals surface area contributed by atoms with Gasteiger partial charge >= 0.3 is 0 Å². The number of hydrazine groups is 1. The van der Waals surface area contributed by atoms with Crippen LogP contribution < -0.4 is 16.2 Å². The summed E-state index contributed by atoms with van der Waals surface area (Å²) in [5.41, 5.74) is 9.66. The molecule has 4 rings (SSSR count). The van der Waals surface area contributed by atoms with Gasteiger partial charge in [-0.05, 0) is 56.0 Å². The van der Waals surface area contributed by atoms with E-state index >= 15 is 0 Å². The molecule has 28 heavy (non-hydrogen) atoms. The Morgan fingerprint density at radius 3 is 2.39 bits per heavy atom. The number of hydrogen-bond acceptors (Lipinski definition) is 4. The summed E-state index contributed by atoms with van der Waals surface area (Å²) in [5.74, 6) is -0.198. The van der Waals surface area contributed by atoms with Crippen LogP contribution in [0, 0.1) is 12.7 Å². The van der Waals surface area contributed by atoms with E-state index in [9.17, 15) is 9.18 Å². The molecule has 2 fully saturated rings. The highest BCUT2D eigenvalue weighted by Crippen LogP contribution is 2.25. The summed E-state index contributed by atoms with van der Waals surface area (Å²) in [6, 6.07) is 14.8. The van der Waals surface area contributed by atoms with Crippen molar-refractivity contribution in [1.82, 2.24) is 21.1 Å². The lowest BCUT2D eigenvalue weighted by molar-refractivity contribution is 0.0880. The molecule has 0 aromatic heterocycles.